The van der Waals surface area contributed by atoms with Crippen LogP contribution < -0.4 is 4.18 Å². The van der Waals surface area contributed by atoms with Gasteiger partial charge in [-0.1, -0.05) is 49.7 Å². The Bertz CT molecular complexity index is 1350. The van der Waals surface area contributed by atoms with Crippen LogP contribution in [0, 0.1) is 29.7 Å². The number of nitrogens with zero attached hydrogens (tertiary/aromatic N) is 1. The van der Waals surface area contributed by atoms with E-state index in [0.717, 1.165) is 31.2 Å². The molecule has 2 aromatic carbocycles. The van der Waals surface area contributed by atoms with Crippen molar-refractivity contribution in [3.8, 4) is 5.75 Å². The summed E-state index contributed by atoms with van der Waals surface area (Å²) in [6, 6.07) is 11.5. The van der Waals surface area contributed by atoms with E-state index in [9.17, 15) is 26.7 Å². The van der Waals surface area contributed by atoms with E-state index in [-0.39, 0.29) is 5.41 Å². The fourth-order valence-electron chi connectivity index (χ4n) is 7.75. The van der Waals surface area contributed by atoms with Crippen LogP contribution in [-0.4, -0.2) is 24.6 Å². The first-order chi connectivity index (χ1) is 17.3. The molecule has 3 unspecified atom stereocenters. The van der Waals surface area contributed by atoms with E-state index in [2.05, 4.69) is 28.9 Å². The lowest BCUT2D eigenvalue weighted by Gasteiger charge is -2.56. The minimum atomic E-state index is -5.73. The molecule has 6 atom stereocenters. The molecule has 5 nitrogen and oxygen atoms in total. The molecule has 2 fully saturated rings. The van der Waals surface area contributed by atoms with Crippen molar-refractivity contribution < 1.29 is 30.9 Å². The molecule has 0 saturated heterocycles. The molecule has 37 heavy (non-hydrogen) atoms. The molecule has 3 aliphatic rings. The third kappa shape index (κ3) is 4.22. The summed E-state index contributed by atoms with van der Waals surface area (Å²) >= 11 is 0. The second-order valence-corrected chi connectivity index (χ2v) is 12.8. The largest absolute Gasteiger partial charge is 0.534 e. The lowest BCUT2D eigenvalue weighted by molar-refractivity contribution is -0.115. The lowest BCUT2D eigenvalue weighted by atomic mass is 9.50. The zero-order valence-corrected chi connectivity index (χ0v) is 21.6. The molecule has 0 amide bonds. The van der Waals surface area contributed by atoms with E-state index < -0.39 is 27.0 Å². The third-order valence-electron chi connectivity index (χ3n) is 9.36. The van der Waals surface area contributed by atoms with Crippen LogP contribution in [0.1, 0.15) is 62.1 Å². The van der Waals surface area contributed by atoms with Gasteiger partial charge in [-0.05, 0) is 79.0 Å². The van der Waals surface area contributed by atoms with E-state index in [1.54, 1.807) is 0 Å². The molecule has 2 saturated carbocycles. The van der Waals surface area contributed by atoms with E-state index in [4.69, 9.17) is 6.57 Å². The minimum absolute atomic E-state index is 0.323. The molecule has 0 heterocycles. The summed E-state index contributed by atoms with van der Waals surface area (Å²) in [5.74, 6) is 1.11. The topological polar surface area (TPSA) is 68.0 Å². The number of rotatable bonds is 4. The van der Waals surface area contributed by atoms with Crippen LogP contribution in [0.25, 0.3) is 4.85 Å². The van der Waals surface area contributed by atoms with Gasteiger partial charge in [0, 0.05) is 11.8 Å². The van der Waals surface area contributed by atoms with Gasteiger partial charge in [-0.25, -0.2) is 4.85 Å². The SMILES string of the molecule is [C-]#[N+]c1ccc2c(c1)CCC1C2[C@@H](C)C[C@@]2(C)C1CC[C@@]2(O)Cc1ccc(OS(=O)(=O)C(F)(F)F)cc1. The monoisotopic (exact) mass is 533 g/mol. The molecule has 0 radical (unpaired) electrons. The first kappa shape index (κ1) is 26.1. The number of fused-ring (bicyclic) bond motifs is 5. The number of halogens is 3. The smallest absolute Gasteiger partial charge is 0.389 e. The summed E-state index contributed by atoms with van der Waals surface area (Å²) in [6.45, 7) is 11.8. The Labute approximate surface area is 215 Å². The number of aryl methyl sites for hydroxylation is 1. The molecule has 1 N–H and O–H groups in total. The zero-order chi connectivity index (χ0) is 26.8. The number of hydrogen-bond acceptors (Lipinski definition) is 4. The van der Waals surface area contributed by atoms with Gasteiger partial charge in [0.2, 0.25) is 0 Å². The highest BCUT2D eigenvalue weighted by atomic mass is 32.2. The fourth-order valence-corrected chi connectivity index (χ4v) is 8.21. The van der Waals surface area contributed by atoms with Crippen LogP contribution in [0.3, 0.4) is 0 Å². The molecule has 0 spiro atoms. The van der Waals surface area contributed by atoms with Gasteiger partial charge in [-0.3, -0.25) is 0 Å². The van der Waals surface area contributed by atoms with Crippen molar-refractivity contribution in [2.24, 2.45) is 23.2 Å². The van der Waals surface area contributed by atoms with E-state index in [0.29, 0.717) is 42.2 Å². The molecule has 3 aliphatic carbocycles. The van der Waals surface area contributed by atoms with Crippen molar-refractivity contribution >= 4 is 15.8 Å². The standard InChI is InChI=1S/C28H30F3NO4S/c1-17-15-26(2)24(23-10-6-19-14-20(32-3)7-11-22(19)25(17)23)12-13-27(26,33)16-18-4-8-21(9-5-18)36-37(34,35)28(29,30)31/h4-5,7-9,11,14,17,23-25,33H,6,10,12-13,15-16H2,1-2H3/t17-,23?,24?,25?,26-,27+/m0/s1. The Morgan fingerprint density at radius 3 is 2.51 bits per heavy atom. The Morgan fingerprint density at radius 1 is 1.16 bits per heavy atom. The minimum Gasteiger partial charge on any atom is -0.389 e. The maximum atomic E-state index is 12.6. The number of benzene rings is 2. The van der Waals surface area contributed by atoms with Gasteiger partial charge in [0.15, 0.2) is 5.69 Å². The Balaban J connectivity index is 1.37. The average molecular weight is 534 g/mol. The highest BCUT2D eigenvalue weighted by Gasteiger charge is 2.62. The van der Waals surface area contributed by atoms with Gasteiger partial charge >= 0.3 is 15.6 Å². The predicted octanol–water partition coefficient (Wildman–Crippen LogP) is 6.54. The van der Waals surface area contributed by atoms with Gasteiger partial charge < -0.3 is 9.29 Å². The molecule has 5 rings (SSSR count). The Kier molecular flexibility index (Phi) is 6.15. The summed E-state index contributed by atoms with van der Waals surface area (Å²) in [7, 11) is -5.73. The third-order valence-corrected chi connectivity index (χ3v) is 10.3. The Hall–Kier alpha value is -2.57. The normalized spacial score (nSPS) is 33.1. The summed E-state index contributed by atoms with van der Waals surface area (Å²) < 4.78 is 64.7. The maximum Gasteiger partial charge on any atom is 0.534 e. The first-order valence-electron chi connectivity index (χ1n) is 12.6. The first-order valence-corrected chi connectivity index (χ1v) is 14.0. The number of alkyl halides is 3. The van der Waals surface area contributed by atoms with E-state index in [1.165, 1.54) is 35.4 Å². The number of hydrogen-bond donors (Lipinski definition) is 1. The van der Waals surface area contributed by atoms with Crippen molar-refractivity contribution in [1.29, 1.82) is 0 Å². The van der Waals surface area contributed by atoms with Gasteiger partial charge in [-0.15, -0.1) is 0 Å². The quantitative estimate of drug-likeness (QED) is 0.275. The summed E-state index contributed by atoms with van der Waals surface area (Å²) in [5.41, 5.74) is -2.79. The lowest BCUT2D eigenvalue weighted by Crippen LogP contribution is -2.54. The molecule has 9 heteroatoms. The van der Waals surface area contributed by atoms with Gasteiger partial charge in [0.05, 0.1) is 12.2 Å². The van der Waals surface area contributed by atoms with Crippen LogP contribution in [-0.2, 0) is 23.0 Å². The van der Waals surface area contributed by atoms with E-state index in [1.807, 2.05) is 12.1 Å². The van der Waals surface area contributed by atoms with E-state index >= 15 is 0 Å². The summed E-state index contributed by atoms with van der Waals surface area (Å²) in [6.07, 6.45) is 4.68. The molecule has 2 aromatic rings. The molecule has 0 bridgehead atoms. The second-order valence-electron chi connectivity index (χ2n) is 11.3. The maximum absolute atomic E-state index is 12.6. The average Bonchev–Trinajstić information content (AvgIpc) is 3.08. The number of aliphatic hydroxyl groups is 1. The van der Waals surface area contributed by atoms with Crippen LogP contribution in [0.2, 0.25) is 0 Å². The fraction of sp³-hybridized carbons (Fsp3) is 0.536. The van der Waals surface area contributed by atoms with Crippen LogP contribution in [0.5, 0.6) is 5.75 Å². The van der Waals surface area contributed by atoms with Crippen molar-refractivity contribution in [3.63, 3.8) is 0 Å². The highest BCUT2D eigenvalue weighted by molar-refractivity contribution is 7.88. The Morgan fingerprint density at radius 2 is 1.86 bits per heavy atom. The van der Waals surface area contributed by atoms with Gasteiger partial charge in [-0.2, -0.15) is 21.6 Å². The molecule has 198 valence electrons. The second kappa shape index (κ2) is 8.74. The van der Waals surface area contributed by atoms with Gasteiger partial charge in [0.1, 0.15) is 5.75 Å². The van der Waals surface area contributed by atoms with Crippen LogP contribution in [0.4, 0.5) is 18.9 Å². The molecule has 0 aliphatic heterocycles. The van der Waals surface area contributed by atoms with Crippen molar-refractivity contribution in [3.05, 3.63) is 70.6 Å². The van der Waals surface area contributed by atoms with Crippen molar-refractivity contribution in [2.45, 2.75) is 69.4 Å². The predicted molar refractivity (Wildman–Crippen MR) is 133 cm³/mol. The van der Waals surface area contributed by atoms with Crippen molar-refractivity contribution in [1.82, 2.24) is 0 Å². The molecule has 0 aromatic heterocycles. The molecular formula is C28H30F3NO4S. The highest BCUT2D eigenvalue weighted by Crippen LogP contribution is 2.66. The van der Waals surface area contributed by atoms with Crippen LogP contribution in [0.15, 0.2) is 42.5 Å². The molecular weight excluding hydrogens is 503 g/mol. The zero-order valence-electron chi connectivity index (χ0n) is 20.8. The summed E-state index contributed by atoms with van der Waals surface area (Å²) in [4.78, 5) is 3.59. The van der Waals surface area contributed by atoms with Gasteiger partial charge in [0.25, 0.3) is 0 Å². The van der Waals surface area contributed by atoms with Crippen LogP contribution >= 0.6 is 0 Å². The van der Waals surface area contributed by atoms with Crippen molar-refractivity contribution in [2.75, 3.05) is 0 Å². The summed E-state index contributed by atoms with van der Waals surface area (Å²) in [5, 5.41) is 12.0.